The highest BCUT2D eigenvalue weighted by Crippen LogP contribution is 2.21. The molecule has 126 valence electrons. The van der Waals surface area contributed by atoms with E-state index in [9.17, 15) is 14.7 Å². The molecule has 0 saturated carbocycles. The molecule has 2 N–H and O–H groups in total. The van der Waals surface area contributed by atoms with E-state index in [1.54, 1.807) is 12.1 Å². The van der Waals surface area contributed by atoms with E-state index in [0.29, 0.717) is 25.3 Å². The Hall–Kier alpha value is -2.08. The van der Waals surface area contributed by atoms with Crippen LogP contribution < -0.4 is 10.1 Å². The average molecular weight is 320 g/mol. The maximum atomic E-state index is 12.2. The number of aliphatic hydroxyl groups is 1. The normalized spacial score (nSPS) is 18.5. The first-order valence-corrected chi connectivity index (χ1v) is 8.01. The fraction of sp³-hybridized carbons (Fsp3) is 0.529. The molecular weight excluding hydrogens is 296 g/mol. The third-order valence-corrected chi connectivity index (χ3v) is 3.87. The zero-order chi connectivity index (χ0) is 16.8. The topological polar surface area (TPSA) is 78.9 Å². The van der Waals surface area contributed by atoms with Gasteiger partial charge in [0, 0.05) is 12.2 Å². The number of hydrogen-bond donors (Lipinski definition) is 2. The van der Waals surface area contributed by atoms with Crippen LogP contribution in [-0.2, 0) is 9.59 Å². The minimum Gasteiger partial charge on any atom is -0.494 e. The zero-order valence-electron chi connectivity index (χ0n) is 13.7. The van der Waals surface area contributed by atoms with Crippen LogP contribution in [0, 0.1) is 6.92 Å². The van der Waals surface area contributed by atoms with Gasteiger partial charge in [0.25, 0.3) is 5.91 Å². The monoisotopic (exact) mass is 320 g/mol. The largest absolute Gasteiger partial charge is 0.494 e. The molecule has 23 heavy (non-hydrogen) atoms. The molecule has 6 nitrogen and oxygen atoms in total. The first-order valence-electron chi connectivity index (χ1n) is 8.01. The molecule has 0 aliphatic carbocycles. The number of carbonyl (C=O) groups is 2. The Morgan fingerprint density at radius 3 is 2.91 bits per heavy atom. The summed E-state index contributed by atoms with van der Waals surface area (Å²) in [6.07, 6.45) is 1.08. The number of likely N-dealkylation sites (tertiary alicyclic amines) is 1. The summed E-state index contributed by atoms with van der Waals surface area (Å²) < 4.78 is 5.41. The lowest BCUT2D eigenvalue weighted by Crippen LogP contribution is -2.42. The third kappa shape index (κ3) is 4.69. The van der Waals surface area contributed by atoms with Gasteiger partial charge in [0.05, 0.1) is 13.2 Å². The van der Waals surface area contributed by atoms with Gasteiger partial charge in [0.15, 0.2) is 0 Å². The molecule has 1 atom stereocenters. The average Bonchev–Trinajstić information content (AvgIpc) is 2.66. The molecule has 1 aromatic carbocycles. The van der Waals surface area contributed by atoms with Crippen LogP contribution in [0.4, 0.5) is 5.69 Å². The van der Waals surface area contributed by atoms with Crippen molar-refractivity contribution in [2.24, 2.45) is 0 Å². The Kier molecular flexibility index (Phi) is 5.98. The summed E-state index contributed by atoms with van der Waals surface area (Å²) in [6.45, 7) is 4.86. The van der Waals surface area contributed by atoms with Gasteiger partial charge in [-0.1, -0.05) is 0 Å². The van der Waals surface area contributed by atoms with E-state index in [1.807, 2.05) is 19.9 Å². The van der Waals surface area contributed by atoms with Gasteiger partial charge in [-0.15, -0.1) is 0 Å². The van der Waals surface area contributed by atoms with Crippen LogP contribution in [0.25, 0.3) is 0 Å². The number of anilines is 1. The molecule has 1 saturated heterocycles. The van der Waals surface area contributed by atoms with Gasteiger partial charge >= 0.3 is 0 Å². The van der Waals surface area contributed by atoms with Crippen LogP contribution in [-0.4, -0.2) is 47.6 Å². The number of nitrogens with zero attached hydrogens (tertiary/aromatic N) is 1. The Labute approximate surface area is 136 Å². The van der Waals surface area contributed by atoms with Crippen molar-refractivity contribution in [3.63, 3.8) is 0 Å². The first kappa shape index (κ1) is 17.3. The molecule has 1 heterocycles. The number of aryl methyl sites for hydroxylation is 1. The van der Waals surface area contributed by atoms with Crippen LogP contribution in [0.2, 0.25) is 0 Å². The lowest BCUT2D eigenvalue weighted by Gasteiger charge is -2.22. The Bertz CT molecular complexity index is 574. The van der Waals surface area contributed by atoms with Crippen LogP contribution in [0.15, 0.2) is 18.2 Å². The Morgan fingerprint density at radius 2 is 2.22 bits per heavy atom. The van der Waals surface area contributed by atoms with Crippen molar-refractivity contribution in [2.45, 2.75) is 39.2 Å². The van der Waals surface area contributed by atoms with E-state index in [0.717, 1.165) is 24.2 Å². The molecule has 1 fully saturated rings. The van der Waals surface area contributed by atoms with Crippen LogP contribution in [0.3, 0.4) is 0 Å². The van der Waals surface area contributed by atoms with Gasteiger partial charge in [0.2, 0.25) is 5.91 Å². The maximum absolute atomic E-state index is 12.2. The van der Waals surface area contributed by atoms with E-state index in [1.165, 1.54) is 4.90 Å². The lowest BCUT2D eigenvalue weighted by atomic mass is 10.2. The molecule has 1 aliphatic rings. The summed E-state index contributed by atoms with van der Waals surface area (Å²) in [6, 6.07) is 5.45. The number of ether oxygens (including phenoxy) is 1. The summed E-state index contributed by atoms with van der Waals surface area (Å²) in [5, 5.41) is 12.5. The van der Waals surface area contributed by atoms with Gasteiger partial charge in [-0.25, -0.2) is 0 Å². The first-order chi connectivity index (χ1) is 11.0. The minimum absolute atomic E-state index is 0.0391. The highest BCUT2D eigenvalue weighted by molar-refractivity contribution is 5.95. The van der Waals surface area contributed by atoms with Crippen molar-refractivity contribution >= 4 is 17.5 Å². The van der Waals surface area contributed by atoms with Gasteiger partial charge in [-0.3, -0.25) is 9.59 Å². The smallest absolute Gasteiger partial charge is 0.251 e. The second-order valence-corrected chi connectivity index (χ2v) is 5.73. The second-order valence-electron chi connectivity index (χ2n) is 5.73. The number of benzene rings is 1. The Balaban J connectivity index is 1.97. The number of aliphatic hydroxyl groups excluding tert-OH is 1. The standard InChI is InChI=1S/C17H24N2O4/c1-3-23-13-7-8-14(12(2)10-13)18-16(21)11-19-9-5-4-6-15(20)17(19)22/h7-8,10,15,20H,3-6,9,11H2,1-2H3,(H,18,21). The summed E-state index contributed by atoms with van der Waals surface area (Å²) in [5.74, 6) is 0.134. The van der Waals surface area contributed by atoms with Crippen molar-refractivity contribution in [1.82, 2.24) is 4.90 Å². The fourth-order valence-electron chi connectivity index (χ4n) is 2.64. The molecule has 0 spiro atoms. The molecule has 0 aromatic heterocycles. The van der Waals surface area contributed by atoms with Crippen LogP contribution in [0.5, 0.6) is 5.75 Å². The van der Waals surface area contributed by atoms with Crippen molar-refractivity contribution in [2.75, 3.05) is 25.0 Å². The van der Waals surface area contributed by atoms with Gasteiger partial charge in [-0.05, 0) is 56.9 Å². The molecular formula is C17H24N2O4. The van der Waals surface area contributed by atoms with Crippen molar-refractivity contribution in [1.29, 1.82) is 0 Å². The molecule has 0 bridgehead atoms. The summed E-state index contributed by atoms with van der Waals surface area (Å²) in [4.78, 5) is 25.6. The summed E-state index contributed by atoms with van der Waals surface area (Å²) in [5.41, 5.74) is 1.59. The fourth-order valence-corrected chi connectivity index (χ4v) is 2.64. The van der Waals surface area contributed by atoms with Crippen molar-refractivity contribution < 1.29 is 19.4 Å². The molecule has 2 rings (SSSR count). The Morgan fingerprint density at radius 1 is 1.43 bits per heavy atom. The molecule has 2 amide bonds. The highest BCUT2D eigenvalue weighted by Gasteiger charge is 2.26. The lowest BCUT2D eigenvalue weighted by molar-refractivity contribution is -0.141. The van der Waals surface area contributed by atoms with E-state index >= 15 is 0 Å². The molecule has 1 unspecified atom stereocenters. The number of hydrogen-bond acceptors (Lipinski definition) is 4. The van der Waals surface area contributed by atoms with E-state index in [4.69, 9.17) is 4.74 Å². The van der Waals surface area contributed by atoms with Crippen molar-refractivity contribution in [3.8, 4) is 5.75 Å². The molecule has 1 aromatic rings. The number of amides is 2. The summed E-state index contributed by atoms with van der Waals surface area (Å²) >= 11 is 0. The van der Waals surface area contributed by atoms with Gasteiger partial charge < -0.3 is 20.1 Å². The van der Waals surface area contributed by atoms with Gasteiger partial charge in [-0.2, -0.15) is 0 Å². The number of carbonyl (C=O) groups excluding carboxylic acids is 2. The zero-order valence-corrected chi connectivity index (χ0v) is 13.7. The van der Waals surface area contributed by atoms with E-state index in [-0.39, 0.29) is 18.4 Å². The third-order valence-electron chi connectivity index (χ3n) is 3.87. The van der Waals surface area contributed by atoms with Crippen LogP contribution >= 0.6 is 0 Å². The van der Waals surface area contributed by atoms with E-state index in [2.05, 4.69) is 5.32 Å². The number of nitrogens with one attached hydrogen (secondary N) is 1. The molecule has 1 aliphatic heterocycles. The predicted octanol–water partition coefficient (Wildman–Crippen LogP) is 1.71. The second kappa shape index (κ2) is 7.97. The minimum atomic E-state index is -0.988. The number of rotatable bonds is 5. The molecule has 6 heteroatoms. The van der Waals surface area contributed by atoms with E-state index < -0.39 is 6.10 Å². The SMILES string of the molecule is CCOc1ccc(NC(=O)CN2CCCCC(O)C2=O)c(C)c1. The quantitative estimate of drug-likeness (QED) is 0.865. The van der Waals surface area contributed by atoms with Gasteiger partial charge in [0.1, 0.15) is 11.9 Å². The predicted molar refractivity (Wildman–Crippen MR) is 87.4 cm³/mol. The van der Waals surface area contributed by atoms with Crippen LogP contribution in [0.1, 0.15) is 31.7 Å². The molecule has 0 radical (unpaired) electrons. The highest BCUT2D eigenvalue weighted by atomic mass is 16.5. The maximum Gasteiger partial charge on any atom is 0.251 e. The summed E-state index contributed by atoms with van der Waals surface area (Å²) in [7, 11) is 0. The van der Waals surface area contributed by atoms with Crippen molar-refractivity contribution in [3.05, 3.63) is 23.8 Å².